The number of amides is 1. The number of benzene rings is 2. The summed E-state index contributed by atoms with van der Waals surface area (Å²) in [5.74, 6) is 0.526. The molecule has 8 heteroatoms. The van der Waals surface area contributed by atoms with Crippen molar-refractivity contribution < 1.29 is 17.9 Å². The average molecular weight is 432 g/mol. The highest BCUT2D eigenvalue weighted by molar-refractivity contribution is 7.89. The highest BCUT2D eigenvalue weighted by atomic mass is 32.2. The molecule has 0 radical (unpaired) electrons. The third kappa shape index (κ3) is 5.52. The molecule has 30 heavy (non-hydrogen) atoms. The lowest BCUT2D eigenvalue weighted by molar-refractivity contribution is -0.116. The summed E-state index contributed by atoms with van der Waals surface area (Å²) >= 11 is 0. The first kappa shape index (κ1) is 22.1. The lowest BCUT2D eigenvalue weighted by atomic mass is 10.2. The zero-order valence-electron chi connectivity index (χ0n) is 17.6. The molecular weight excluding hydrogens is 402 g/mol. The molecule has 1 amide bonds. The van der Waals surface area contributed by atoms with Crippen LogP contribution in [0.15, 0.2) is 53.4 Å². The lowest BCUT2D eigenvalue weighted by Crippen LogP contribution is -2.32. The molecular formula is C22H29N3O4S. The van der Waals surface area contributed by atoms with Crippen LogP contribution in [0.3, 0.4) is 0 Å². The van der Waals surface area contributed by atoms with Crippen LogP contribution in [0, 0.1) is 0 Å². The number of anilines is 2. The molecule has 2 aromatic rings. The van der Waals surface area contributed by atoms with Crippen LogP contribution in [0.25, 0.3) is 0 Å². The quantitative estimate of drug-likeness (QED) is 0.665. The van der Waals surface area contributed by atoms with Gasteiger partial charge in [0.05, 0.1) is 11.0 Å². The van der Waals surface area contributed by atoms with Crippen LogP contribution < -0.4 is 15.4 Å². The highest BCUT2D eigenvalue weighted by Gasteiger charge is 2.19. The van der Waals surface area contributed by atoms with E-state index in [1.807, 2.05) is 24.3 Å². The SMILES string of the molecule is CC(Nc1cccc(OC2CCCC2)c1)C(=O)Nc1cccc(S(=O)(=O)N(C)C)c1. The predicted molar refractivity (Wildman–Crippen MR) is 118 cm³/mol. The predicted octanol–water partition coefficient (Wildman–Crippen LogP) is 3.70. The summed E-state index contributed by atoms with van der Waals surface area (Å²) in [6.45, 7) is 1.75. The number of nitrogens with zero attached hydrogens (tertiary/aromatic N) is 1. The van der Waals surface area contributed by atoms with Crippen molar-refractivity contribution in [2.24, 2.45) is 0 Å². The fraction of sp³-hybridized carbons (Fsp3) is 0.409. The third-order valence-electron chi connectivity index (χ3n) is 5.10. The Balaban J connectivity index is 1.63. The van der Waals surface area contributed by atoms with Gasteiger partial charge in [0.25, 0.3) is 0 Å². The number of carbonyl (C=O) groups excluding carboxylic acids is 1. The van der Waals surface area contributed by atoms with Crippen LogP contribution in [0.2, 0.25) is 0 Å². The van der Waals surface area contributed by atoms with Gasteiger partial charge in [-0.3, -0.25) is 4.79 Å². The standard InChI is InChI=1S/C22H29N3O4S/c1-16(23-17-8-6-12-20(14-17)29-19-10-4-5-11-19)22(26)24-18-9-7-13-21(15-18)30(27,28)25(2)3/h6-9,12-16,19,23H,4-5,10-11H2,1-3H3,(H,24,26). The summed E-state index contributed by atoms with van der Waals surface area (Å²) < 4.78 is 31.7. The zero-order valence-corrected chi connectivity index (χ0v) is 18.4. The van der Waals surface area contributed by atoms with Crippen molar-refractivity contribution in [1.82, 2.24) is 4.31 Å². The maximum atomic E-state index is 12.6. The van der Waals surface area contributed by atoms with Gasteiger partial charge in [0.2, 0.25) is 15.9 Å². The number of rotatable bonds is 8. The number of ether oxygens (including phenoxy) is 1. The summed E-state index contributed by atoms with van der Waals surface area (Å²) in [5.41, 5.74) is 1.21. The molecule has 1 atom stereocenters. The zero-order chi connectivity index (χ0) is 21.7. The molecule has 0 bridgehead atoms. The first-order valence-corrected chi connectivity index (χ1v) is 11.6. The van der Waals surface area contributed by atoms with Gasteiger partial charge in [-0.2, -0.15) is 0 Å². The van der Waals surface area contributed by atoms with Gasteiger partial charge in [0, 0.05) is 31.5 Å². The first-order chi connectivity index (χ1) is 14.3. The maximum Gasteiger partial charge on any atom is 0.246 e. The van der Waals surface area contributed by atoms with Crippen molar-refractivity contribution in [2.45, 2.75) is 49.6 Å². The van der Waals surface area contributed by atoms with Crippen LogP contribution in [0.5, 0.6) is 5.75 Å². The summed E-state index contributed by atoms with van der Waals surface area (Å²) in [4.78, 5) is 12.7. The van der Waals surface area contributed by atoms with E-state index < -0.39 is 16.1 Å². The van der Waals surface area contributed by atoms with E-state index in [-0.39, 0.29) is 16.9 Å². The average Bonchev–Trinajstić information content (AvgIpc) is 3.21. The summed E-state index contributed by atoms with van der Waals surface area (Å²) in [6.07, 6.45) is 4.85. The number of hydrogen-bond acceptors (Lipinski definition) is 5. The van der Waals surface area contributed by atoms with Gasteiger partial charge in [-0.15, -0.1) is 0 Å². The van der Waals surface area contributed by atoms with Crippen LogP contribution in [-0.4, -0.2) is 44.9 Å². The molecule has 2 N–H and O–H groups in total. The minimum Gasteiger partial charge on any atom is -0.490 e. The van der Waals surface area contributed by atoms with Gasteiger partial charge in [-0.1, -0.05) is 12.1 Å². The smallest absolute Gasteiger partial charge is 0.246 e. The van der Waals surface area contributed by atoms with E-state index in [0.29, 0.717) is 5.69 Å². The summed E-state index contributed by atoms with van der Waals surface area (Å²) in [6, 6.07) is 13.3. The van der Waals surface area contributed by atoms with Crippen molar-refractivity contribution in [3.8, 4) is 5.75 Å². The normalized spacial score (nSPS) is 15.7. The van der Waals surface area contributed by atoms with E-state index in [2.05, 4.69) is 10.6 Å². The molecule has 1 fully saturated rings. The molecule has 0 spiro atoms. The number of nitrogens with one attached hydrogen (secondary N) is 2. The Morgan fingerprint density at radius 3 is 2.43 bits per heavy atom. The lowest BCUT2D eigenvalue weighted by Gasteiger charge is -2.18. The van der Waals surface area contributed by atoms with Crippen molar-refractivity contribution in [3.05, 3.63) is 48.5 Å². The molecule has 0 saturated heterocycles. The Hall–Kier alpha value is -2.58. The van der Waals surface area contributed by atoms with Gasteiger partial charge < -0.3 is 15.4 Å². The van der Waals surface area contributed by atoms with Crippen molar-refractivity contribution in [2.75, 3.05) is 24.7 Å². The number of carbonyl (C=O) groups is 1. The Labute approximate surface area is 178 Å². The van der Waals surface area contributed by atoms with E-state index in [1.165, 1.54) is 39.1 Å². The second-order valence-corrected chi connectivity index (χ2v) is 9.87. The molecule has 2 aromatic carbocycles. The molecule has 0 heterocycles. The third-order valence-corrected chi connectivity index (χ3v) is 6.91. The fourth-order valence-corrected chi connectivity index (χ4v) is 4.32. The van der Waals surface area contributed by atoms with E-state index in [0.717, 1.165) is 28.6 Å². The first-order valence-electron chi connectivity index (χ1n) is 10.1. The number of sulfonamides is 1. The van der Waals surface area contributed by atoms with E-state index in [4.69, 9.17) is 4.74 Å². The van der Waals surface area contributed by atoms with Crippen LogP contribution in [0.4, 0.5) is 11.4 Å². The Morgan fingerprint density at radius 1 is 1.07 bits per heavy atom. The Kier molecular flexibility index (Phi) is 6.99. The van der Waals surface area contributed by atoms with Crippen molar-refractivity contribution in [3.63, 3.8) is 0 Å². The van der Waals surface area contributed by atoms with Crippen molar-refractivity contribution in [1.29, 1.82) is 0 Å². The highest BCUT2D eigenvalue weighted by Crippen LogP contribution is 2.26. The fourth-order valence-electron chi connectivity index (χ4n) is 3.37. The summed E-state index contributed by atoms with van der Waals surface area (Å²) in [7, 11) is -0.628. The maximum absolute atomic E-state index is 12.6. The number of hydrogen-bond donors (Lipinski definition) is 2. The van der Waals surface area contributed by atoms with Crippen LogP contribution in [-0.2, 0) is 14.8 Å². The minimum absolute atomic E-state index is 0.127. The second kappa shape index (κ2) is 9.49. The van der Waals surface area contributed by atoms with E-state index in [9.17, 15) is 13.2 Å². The van der Waals surface area contributed by atoms with Crippen LogP contribution >= 0.6 is 0 Å². The molecule has 7 nitrogen and oxygen atoms in total. The molecule has 0 aliphatic heterocycles. The topological polar surface area (TPSA) is 87.7 Å². The minimum atomic E-state index is -3.57. The van der Waals surface area contributed by atoms with E-state index in [1.54, 1.807) is 19.1 Å². The van der Waals surface area contributed by atoms with E-state index >= 15 is 0 Å². The molecule has 1 unspecified atom stereocenters. The summed E-state index contributed by atoms with van der Waals surface area (Å²) in [5, 5.41) is 5.94. The van der Waals surface area contributed by atoms with Gasteiger partial charge in [-0.25, -0.2) is 12.7 Å². The molecule has 0 aromatic heterocycles. The molecule has 3 rings (SSSR count). The molecule has 162 valence electrons. The van der Waals surface area contributed by atoms with Gasteiger partial charge in [-0.05, 0) is 62.9 Å². The molecule has 1 aliphatic carbocycles. The Morgan fingerprint density at radius 2 is 1.73 bits per heavy atom. The van der Waals surface area contributed by atoms with Gasteiger partial charge in [0.15, 0.2) is 0 Å². The largest absolute Gasteiger partial charge is 0.490 e. The second-order valence-electron chi connectivity index (χ2n) is 7.72. The molecule has 1 saturated carbocycles. The van der Waals surface area contributed by atoms with Crippen LogP contribution in [0.1, 0.15) is 32.6 Å². The van der Waals surface area contributed by atoms with Gasteiger partial charge >= 0.3 is 0 Å². The monoisotopic (exact) mass is 431 g/mol. The van der Waals surface area contributed by atoms with Crippen molar-refractivity contribution >= 4 is 27.3 Å². The van der Waals surface area contributed by atoms with Gasteiger partial charge in [0.1, 0.15) is 11.8 Å². The Bertz CT molecular complexity index is 985. The molecule has 1 aliphatic rings.